The molecule has 0 aromatic heterocycles. The second kappa shape index (κ2) is 6.61. The second-order valence-corrected chi connectivity index (χ2v) is 5.29. The molecule has 0 bridgehead atoms. The number of aromatic hydroxyl groups is 1. The molecule has 1 aromatic rings. The van der Waals surface area contributed by atoms with Crippen molar-refractivity contribution in [3.8, 4) is 11.5 Å². The van der Waals surface area contributed by atoms with Gasteiger partial charge in [-0.05, 0) is 24.6 Å². The molecule has 0 fully saturated rings. The molecule has 0 spiro atoms. The molecule has 0 radical (unpaired) electrons. The van der Waals surface area contributed by atoms with Gasteiger partial charge in [0, 0.05) is 6.54 Å². The highest BCUT2D eigenvalue weighted by Gasteiger charge is 2.42. The lowest BCUT2D eigenvalue weighted by Gasteiger charge is -2.26. The number of aliphatic carboxylic acids is 1. The molecule has 24 heavy (non-hydrogen) atoms. The Morgan fingerprint density at radius 2 is 1.96 bits per heavy atom. The first-order valence-electron chi connectivity index (χ1n) is 7.11. The fourth-order valence-electron chi connectivity index (χ4n) is 2.67. The largest absolute Gasteiger partial charge is 0.504 e. The predicted molar refractivity (Wildman–Crippen MR) is 81.7 cm³/mol. The summed E-state index contributed by atoms with van der Waals surface area (Å²) in [5.74, 6) is -3.10. The Labute approximate surface area is 137 Å². The Hall–Kier alpha value is -3.03. The van der Waals surface area contributed by atoms with Gasteiger partial charge in [-0.3, -0.25) is 14.4 Å². The molecule has 3 N–H and O–H groups in total. The van der Waals surface area contributed by atoms with Crippen molar-refractivity contribution in [1.29, 1.82) is 0 Å². The topological polar surface area (TPSA) is 124 Å². The van der Waals surface area contributed by atoms with Gasteiger partial charge in [-0.15, -0.1) is 0 Å². The monoisotopic (exact) mass is 335 g/mol. The molecule has 0 saturated carbocycles. The third kappa shape index (κ3) is 3.03. The number of carbonyl (C=O) groups is 3. The number of aliphatic hydroxyl groups is 1. The predicted octanol–water partition coefficient (Wildman–Crippen LogP) is 1.16. The molecule has 1 amide bonds. The van der Waals surface area contributed by atoms with E-state index in [2.05, 4.69) is 0 Å². The van der Waals surface area contributed by atoms with Gasteiger partial charge < -0.3 is 25.0 Å². The van der Waals surface area contributed by atoms with Crippen molar-refractivity contribution in [2.45, 2.75) is 19.4 Å². The van der Waals surface area contributed by atoms with Crippen LogP contribution in [0.15, 0.2) is 29.5 Å². The zero-order chi connectivity index (χ0) is 18.0. The second-order valence-electron chi connectivity index (χ2n) is 5.29. The minimum absolute atomic E-state index is 0.113. The van der Waals surface area contributed by atoms with Crippen molar-refractivity contribution in [2.24, 2.45) is 0 Å². The van der Waals surface area contributed by atoms with Crippen LogP contribution in [-0.4, -0.2) is 51.5 Å². The molecule has 2 rings (SSSR count). The summed E-state index contributed by atoms with van der Waals surface area (Å²) in [5.41, 5.74) is 0.302. The van der Waals surface area contributed by atoms with Crippen LogP contribution in [0.3, 0.4) is 0 Å². The van der Waals surface area contributed by atoms with E-state index < -0.39 is 29.5 Å². The molecule has 1 aliphatic heterocycles. The summed E-state index contributed by atoms with van der Waals surface area (Å²) in [7, 11) is 1.35. The van der Waals surface area contributed by atoms with Gasteiger partial charge in [-0.25, -0.2) is 0 Å². The van der Waals surface area contributed by atoms with Crippen molar-refractivity contribution < 1.29 is 34.4 Å². The van der Waals surface area contributed by atoms with Crippen LogP contribution in [0.1, 0.15) is 24.9 Å². The van der Waals surface area contributed by atoms with E-state index in [0.717, 1.165) is 4.90 Å². The number of ether oxygens (including phenoxy) is 1. The number of benzene rings is 1. The van der Waals surface area contributed by atoms with Gasteiger partial charge in [0.2, 0.25) is 0 Å². The number of hydrogen-bond acceptors (Lipinski definition) is 6. The maximum Gasteiger partial charge on any atom is 0.305 e. The number of phenolic OH excluding ortho intramolecular Hbond substituents is 1. The number of carboxylic acid groups (broad SMARTS) is 1. The highest BCUT2D eigenvalue weighted by Crippen LogP contribution is 2.40. The molecule has 1 heterocycles. The van der Waals surface area contributed by atoms with E-state index in [4.69, 9.17) is 9.84 Å². The van der Waals surface area contributed by atoms with Crippen LogP contribution in [0.25, 0.3) is 0 Å². The highest BCUT2D eigenvalue weighted by molar-refractivity contribution is 6.08. The average molecular weight is 335 g/mol. The first-order valence-corrected chi connectivity index (χ1v) is 7.11. The minimum Gasteiger partial charge on any atom is -0.504 e. The van der Waals surface area contributed by atoms with E-state index in [0.29, 0.717) is 5.56 Å². The summed E-state index contributed by atoms with van der Waals surface area (Å²) < 4.78 is 5.02. The lowest BCUT2D eigenvalue weighted by Crippen LogP contribution is -2.33. The fourth-order valence-corrected chi connectivity index (χ4v) is 2.67. The molecule has 0 saturated heterocycles. The number of amides is 1. The first kappa shape index (κ1) is 17.3. The molecule has 8 nitrogen and oxygen atoms in total. The number of nitrogens with zero attached hydrogens (tertiary/aromatic N) is 1. The lowest BCUT2D eigenvalue weighted by molar-refractivity contribution is -0.138. The Balaban J connectivity index is 2.52. The van der Waals surface area contributed by atoms with Crippen LogP contribution in [0.4, 0.5) is 0 Å². The Kier molecular flexibility index (Phi) is 4.77. The first-order chi connectivity index (χ1) is 11.3. The van der Waals surface area contributed by atoms with Crippen LogP contribution in [0.5, 0.6) is 11.5 Å². The number of Topliss-reactive ketones (excluding diaryl/α,β-unsaturated/α-hetero) is 1. The van der Waals surface area contributed by atoms with Crippen LogP contribution < -0.4 is 4.74 Å². The smallest absolute Gasteiger partial charge is 0.305 e. The molecule has 0 aliphatic carbocycles. The number of carbonyl (C=O) groups excluding carboxylic acids is 2. The Morgan fingerprint density at radius 3 is 2.50 bits per heavy atom. The quantitative estimate of drug-likeness (QED) is 0.712. The molecule has 8 heteroatoms. The van der Waals surface area contributed by atoms with E-state index >= 15 is 0 Å². The summed E-state index contributed by atoms with van der Waals surface area (Å²) in [4.78, 5) is 36.1. The van der Waals surface area contributed by atoms with Crippen molar-refractivity contribution in [2.75, 3.05) is 13.7 Å². The molecule has 0 unspecified atom stereocenters. The summed E-state index contributed by atoms with van der Waals surface area (Å²) in [5, 5.41) is 28.5. The van der Waals surface area contributed by atoms with Crippen LogP contribution >= 0.6 is 0 Å². The Morgan fingerprint density at radius 1 is 1.29 bits per heavy atom. The maximum absolute atomic E-state index is 12.2. The molecule has 1 aliphatic rings. The van der Waals surface area contributed by atoms with E-state index in [-0.39, 0.29) is 30.0 Å². The van der Waals surface area contributed by atoms with Crippen LogP contribution in [-0.2, 0) is 14.4 Å². The van der Waals surface area contributed by atoms with E-state index in [9.17, 15) is 24.6 Å². The van der Waals surface area contributed by atoms with E-state index in [1.54, 1.807) is 0 Å². The lowest BCUT2D eigenvalue weighted by atomic mass is 9.96. The van der Waals surface area contributed by atoms with Gasteiger partial charge in [0.15, 0.2) is 23.0 Å². The number of rotatable bonds is 6. The van der Waals surface area contributed by atoms with Crippen molar-refractivity contribution >= 4 is 17.7 Å². The SMILES string of the molecule is COc1cc([C@H]2C(C(C)=O)=C(O)C(=O)N2CCC(=O)O)ccc1O. The average Bonchev–Trinajstić information content (AvgIpc) is 2.77. The zero-order valence-corrected chi connectivity index (χ0v) is 13.1. The molecular weight excluding hydrogens is 318 g/mol. The van der Waals surface area contributed by atoms with Gasteiger partial charge in [0.1, 0.15) is 0 Å². The third-order valence-electron chi connectivity index (χ3n) is 3.77. The number of hydrogen-bond donors (Lipinski definition) is 3. The van der Waals surface area contributed by atoms with Crippen molar-refractivity contribution in [1.82, 2.24) is 4.90 Å². The standard InChI is InChI=1S/C16H17NO7/c1-8(18)13-14(9-3-4-10(19)11(7-9)24-2)17(6-5-12(20)21)16(23)15(13)22/h3-4,7,14,19,22H,5-6H2,1-2H3,(H,20,21)/t14-/m0/s1. The Bertz CT molecular complexity index is 738. The van der Waals surface area contributed by atoms with Gasteiger partial charge in [0.05, 0.1) is 25.1 Å². The molecule has 1 aromatic carbocycles. The number of aliphatic hydroxyl groups excluding tert-OH is 1. The van der Waals surface area contributed by atoms with E-state index in [1.165, 1.54) is 32.2 Å². The van der Waals surface area contributed by atoms with Gasteiger partial charge in [-0.1, -0.05) is 6.07 Å². The number of ketones is 1. The summed E-state index contributed by atoms with van der Waals surface area (Å²) in [6, 6.07) is 3.30. The zero-order valence-electron chi connectivity index (χ0n) is 13.1. The van der Waals surface area contributed by atoms with Crippen LogP contribution in [0.2, 0.25) is 0 Å². The molecule has 128 valence electrons. The maximum atomic E-state index is 12.2. The van der Waals surface area contributed by atoms with Crippen molar-refractivity contribution in [3.63, 3.8) is 0 Å². The van der Waals surface area contributed by atoms with Crippen LogP contribution in [0, 0.1) is 0 Å². The highest BCUT2D eigenvalue weighted by atomic mass is 16.5. The fraction of sp³-hybridized carbons (Fsp3) is 0.312. The summed E-state index contributed by atoms with van der Waals surface area (Å²) >= 11 is 0. The van der Waals surface area contributed by atoms with Gasteiger partial charge in [-0.2, -0.15) is 0 Å². The number of methoxy groups -OCH3 is 1. The molecule has 1 atom stereocenters. The van der Waals surface area contributed by atoms with Crippen molar-refractivity contribution in [3.05, 3.63) is 35.1 Å². The summed E-state index contributed by atoms with van der Waals surface area (Å²) in [6.07, 6.45) is -0.337. The van der Waals surface area contributed by atoms with E-state index in [1.807, 2.05) is 0 Å². The molecular formula is C16H17NO7. The minimum atomic E-state index is -1.11. The van der Waals surface area contributed by atoms with Gasteiger partial charge in [0.25, 0.3) is 5.91 Å². The number of carboxylic acids is 1. The van der Waals surface area contributed by atoms with Gasteiger partial charge >= 0.3 is 5.97 Å². The number of phenols is 1. The summed E-state index contributed by atoms with van der Waals surface area (Å²) in [6.45, 7) is 1.03. The third-order valence-corrected chi connectivity index (χ3v) is 3.77. The normalized spacial score (nSPS) is 17.3.